The smallest absolute Gasteiger partial charge is 0.126 e. The van der Waals surface area contributed by atoms with Gasteiger partial charge in [0.15, 0.2) is 0 Å². The number of hydrogen-bond donors (Lipinski definition) is 2. The highest BCUT2D eigenvalue weighted by Gasteiger charge is 2.24. The molecule has 14 heavy (non-hydrogen) atoms. The van der Waals surface area contributed by atoms with Crippen LogP contribution in [0, 0.1) is 0 Å². The summed E-state index contributed by atoms with van der Waals surface area (Å²) in [4.78, 5) is 4.12. The molecule has 1 aliphatic rings. The molecule has 1 saturated heterocycles. The molecule has 1 aromatic rings. The summed E-state index contributed by atoms with van der Waals surface area (Å²) >= 11 is 5.72. The maximum Gasteiger partial charge on any atom is 0.126 e. The van der Waals surface area contributed by atoms with E-state index in [0.29, 0.717) is 18.2 Å². The quantitative estimate of drug-likeness (QED) is 0.766. The lowest BCUT2D eigenvalue weighted by Gasteiger charge is -2.15. The van der Waals surface area contributed by atoms with Gasteiger partial charge in [-0.25, -0.2) is 4.98 Å². The summed E-state index contributed by atoms with van der Waals surface area (Å²) in [5.74, 6) is 0.778. The van der Waals surface area contributed by atoms with Gasteiger partial charge in [0.1, 0.15) is 5.82 Å². The van der Waals surface area contributed by atoms with E-state index >= 15 is 0 Å². The maximum absolute atomic E-state index is 5.82. The second-order valence-corrected chi connectivity index (χ2v) is 3.75. The summed E-state index contributed by atoms with van der Waals surface area (Å²) in [5, 5.41) is 3.83. The molecule has 1 aliphatic heterocycles. The van der Waals surface area contributed by atoms with Gasteiger partial charge in [-0.15, -0.1) is 0 Å². The number of anilines is 1. The van der Waals surface area contributed by atoms with Gasteiger partial charge < -0.3 is 15.8 Å². The largest absolute Gasteiger partial charge is 0.378 e. The van der Waals surface area contributed by atoms with Gasteiger partial charge in [0, 0.05) is 6.20 Å². The fraction of sp³-hybridized carbons (Fsp3) is 0.444. The molecule has 0 saturated carbocycles. The van der Waals surface area contributed by atoms with Gasteiger partial charge in [0.25, 0.3) is 0 Å². The molecular weight excluding hydrogens is 202 g/mol. The van der Waals surface area contributed by atoms with Crippen molar-refractivity contribution in [1.29, 1.82) is 0 Å². The molecule has 1 fully saturated rings. The van der Waals surface area contributed by atoms with Crippen LogP contribution in [0.5, 0.6) is 0 Å². The molecule has 2 atom stereocenters. The Balaban J connectivity index is 2.00. The third-order valence-electron chi connectivity index (χ3n) is 2.19. The molecule has 76 valence electrons. The summed E-state index contributed by atoms with van der Waals surface area (Å²) in [6.07, 6.45) is 1.60. The Bertz CT molecular complexity index is 303. The lowest BCUT2D eigenvalue weighted by atomic mass is 10.2. The van der Waals surface area contributed by atoms with Crippen LogP contribution in [0.3, 0.4) is 0 Å². The zero-order chi connectivity index (χ0) is 9.97. The van der Waals surface area contributed by atoms with E-state index in [9.17, 15) is 0 Å². The monoisotopic (exact) mass is 213 g/mol. The number of nitrogens with two attached hydrogens (primary N) is 1. The molecule has 2 unspecified atom stereocenters. The fourth-order valence-electron chi connectivity index (χ4n) is 1.37. The first-order valence-corrected chi connectivity index (χ1v) is 4.85. The number of pyridine rings is 1. The molecule has 0 amide bonds. The van der Waals surface area contributed by atoms with Crippen LogP contribution in [0.4, 0.5) is 5.82 Å². The van der Waals surface area contributed by atoms with Gasteiger partial charge >= 0.3 is 0 Å². The van der Waals surface area contributed by atoms with Crippen LogP contribution in [0.2, 0.25) is 5.02 Å². The minimum Gasteiger partial charge on any atom is -0.378 e. The molecule has 0 radical (unpaired) electrons. The second kappa shape index (κ2) is 4.13. The van der Waals surface area contributed by atoms with Gasteiger partial charge in [-0.05, 0) is 12.1 Å². The van der Waals surface area contributed by atoms with Crippen molar-refractivity contribution in [2.75, 3.05) is 18.5 Å². The Hall–Kier alpha value is -0.840. The van der Waals surface area contributed by atoms with E-state index in [4.69, 9.17) is 22.1 Å². The second-order valence-electron chi connectivity index (χ2n) is 3.31. The van der Waals surface area contributed by atoms with Crippen LogP contribution in [-0.2, 0) is 4.74 Å². The predicted octanol–water partition coefficient (Wildman–Crippen LogP) is 0.873. The third kappa shape index (κ3) is 2.15. The Morgan fingerprint density at radius 2 is 2.36 bits per heavy atom. The maximum atomic E-state index is 5.82. The standard InChI is InChI=1S/C9H12ClN3O/c10-6-1-2-9(12-3-6)13-8-5-14-4-7(8)11/h1-3,7-8H,4-5,11H2,(H,12,13). The van der Waals surface area contributed by atoms with Crippen molar-refractivity contribution in [3.63, 3.8) is 0 Å². The minimum absolute atomic E-state index is 0.0347. The summed E-state index contributed by atoms with van der Waals surface area (Å²) in [6.45, 7) is 1.23. The molecule has 5 heteroatoms. The van der Waals surface area contributed by atoms with Crippen molar-refractivity contribution in [2.45, 2.75) is 12.1 Å². The highest BCUT2D eigenvalue weighted by atomic mass is 35.5. The van der Waals surface area contributed by atoms with Crippen LogP contribution in [0.1, 0.15) is 0 Å². The van der Waals surface area contributed by atoms with E-state index in [1.807, 2.05) is 6.07 Å². The average molecular weight is 214 g/mol. The minimum atomic E-state index is 0.0347. The van der Waals surface area contributed by atoms with Crippen LogP contribution in [0.15, 0.2) is 18.3 Å². The van der Waals surface area contributed by atoms with Crippen LogP contribution in [-0.4, -0.2) is 30.3 Å². The fourth-order valence-corrected chi connectivity index (χ4v) is 1.48. The van der Waals surface area contributed by atoms with Crippen molar-refractivity contribution in [3.8, 4) is 0 Å². The molecule has 0 bridgehead atoms. The first kappa shape index (κ1) is 9.71. The van der Waals surface area contributed by atoms with Crippen molar-refractivity contribution >= 4 is 17.4 Å². The van der Waals surface area contributed by atoms with E-state index in [1.165, 1.54) is 0 Å². The van der Waals surface area contributed by atoms with Gasteiger partial charge in [-0.3, -0.25) is 0 Å². The number of nitrogens with one attached hydrogen (secondary N) is 1. The summed E-state index contributed by atoms with van der Waals surface area (Å²) in [5.41, 5.74) is 5.82. The Morgan fingerprint density at radius 3 is 2.93 bits per heavy atom. The van der Waals surface area contributed by atoms with Crippen molar-refractivity contribution in [1.82, 2.24) is 4.98 Å². The van der Waals surface area contributed by atoms with E-state index in [0.717, 1.165) is 5.82 Å². The molecule has 0 aliphatic carbocycles. The van der Waals surface area contributed by atoms with Gasteiger partial charge in [-0.1, -0.05) is 11.6 Å². The molecule has 4 nitrogen and oxygen atoms in total. The van der Waals surface area contributed by atoms with E-state index < -0.39 is 0 Å². The lowest BCUT2D eigenvalue weighted by molar-refractivity contribution is 0.192. The zero-order valence-electron chi connectivity index (χ0n) is 7.61. The van der Waals surface area contributed by atoms with E-state index in [-0.39, 0.29) is 12.1 Å². The van der Waals surface area contributed by atoms with E-state index in [2.05, 4.69) is 10.3 Å². The SMILES string of the molecule is NC1COCC1Nc1ccc(Cl)cn1. The van der Waals surface area contributed by atoms with Crippen molar-refractivity contribution in [3.05, 3.63) is 23.4 Å². The van der Waals surface area contributed by atoms with Crippen molar-refractivity contribution < 1.29 is 4.74 Å². The van der Waals surface area contributed by atoms with Gasteiger partial charge in [0.2, 0.25) is 0 Å². The molecule has 3 N–H and O–H groups in total. The first-order valence-electron chi connectivity index (χ1n) is 4.47. The van der Waals surface area contributed by atoms with Crippen LogP contribution < -0.4 is 11.1 Å². The van der Waals surface area contributed by atoms with Gasteiger partial charge in [0.05, 0.1) is 30.3 Å². The Labute approximate surface area is 87.4 Å². The number of aromatic nitrogens is 1. The number of nitrogens with zero attached hydrogens (tertiary/aromatic N) is 1. The molecule has 2 rings (SSSR count). The van der Waals surface area contributed by atoms with Crippen LogP contribution in [0.25, 0.3) is 0 Å². The lowest BCUT2D eigenvalue weighted by Crippen LogP contribution is -2.38. The molecule has 0 spiro atoms. The van der Waals surface area contributed by atoms with E-state index in [1.54, 1.807) is 12.3 Å². The third-order valence-corrected chi connectivity index (χ3v) is 2.41. The first-order chi connectivity index (χ1) is 6.75. The average Bonchev–Trinajstić information content (AvgIpc) is 2.56. The number of halogens is 1. The Kier molecular flexibility index (Phi) is 2.86. The molecule has 1 aromatic heterocycles. The summed E-state index contributed by atoms with van der Waals surface area (Å²) in [7, 11) is 0. The zero-order valence-corrected chi connectivity index (χ0v) is 8.37. The molecule has 0 aromatic carbocycles. The van der Waals surface area contributed by atoms with Crippen molar-refractivity contribution in [2.24, 2.45) is 5.73 Å². The van der Waals surface area contributed by atoms with Gasteiger partial charge in [-0.2, -0.15) is 0 Å². The highest BCUT2D eigenvalue weighted by molar-refractivity contribution is 6.30. The number of ether oxygens (including phenoxy) is 1. The topological polar surface area (TPSA) is 60.2 Å². The highest BCUT2D eigenvalue weighted by Crippen LogP contribution is 2.13. The molecule has 2 heterocycles. The normalized spacial score (nSPS) is 26.4. The van der Waals surface area contributed by atoms with Crippen LogP contribution >= 0.6 is 11.6 Å². The summed E-state index contributed by atoms with van der Waals surface area (Å²) < 4.78 is 5.22. The number of rotatable bonds is 2. The number of hydrogen-bond acceptors (Lipinski definition) is 4. The predicted molar refractivity (Wildman–Crippen MR) is 55.5 cm³/mol. The summed E-state index contributed by atoms with van der Waals surface area (Å²) in [6, 6.07) is 3.79. The molecular formula is C9H12ClN3O. The Morgan fingerprint density at radius 1 is 1.50 bits per heavy atom.